The number of rotatable bonds is 6. The topological polar surface area (TPSA) is 90.0 Å². The number of carbonyl (C=O) groups is 1. The summed E-state index contributed by atoms with van der Waals surface area (Å²) in [5.41, 5.74) is 2.28. The Hall–Kier alpha value is -3.07. The number of imidazole rings is 1. The third kappa shape index (κ3) is 3.62. The first-order chi connectivity index (χ1) is 12.7. The highest BCUT2D eigenvalue weighted by atomic mass is 32.1. The van der Waals surface area contributed by atoms with Crippen LogP contribution in [0.4, 0.5) is 0 Å². The number of nitrogens with one attached hydrogen (secondary N) is 1. The first-order valence-corrected chi connectivity index (χ1v) is 9.03. The average molecular weight is 367 g/mol. The van der Waals surface area contributed by atoms with E-state index in [1.165, 1.54) is 16.9 Å². The molecule has 0 aliphatic rings. The molecule has 0 radical (unpaired) electrons. The lowest BCUT2D eigenvalue weighted by atomic mass is 10.1. The number of hydrogen-bond donors (Lipinski definition) is 1. The van der Waals surface area contributed by atoms with Gasteiger partial charge in [-0.05, 0) is 18.9 Å². The number of nitrogens with zero attached hydrogens (tertiary/aromatic N) is 6. The second-order valence-corrected chi connectivity index (χ2v) is 7.03. The number of aromatic nitrogens is 6. The maximum atomic E-state index is 12.2. The van der Waals surface area contributed by atoms with Gasteiger partial charge < -0.3 is 5.32 Å². The van der Waals surface area contributed by atoms with E-state index in [1.54, 1.807) is 15.4 Å². The van der Waals surface area contributed by atoms with E-state index in [1.807, 2.05) is 31.3 Å². The molecule has 0 bridgehead atoms. The van der Waals surface area contributed by atoms with Crippen molar-refractivity contribution in [2.75, 3.05) is 0 Å². The number of carbonyl (C=O) groups excluding carboxylic acids is 1. The molecular weight excluding hydrogens is 350 g/mol. The van der Waals surface area contributed by atoms with Crippen LogP contribution in [0.5, 0.6) is 0 Å². The fourth-order valence-corrected chi connectivity index (χ4v) is 3.33. The SMILES string of the molecule is Cc1nn2cc(CNC(=O)c3cn(CCc4ccccc4)nn3)nc2s1. The van der Waals surface area contributed by atoms with Gasteiger partial charge in [0, 0.05) is 6.54 Å². The van der Waals surface area contributed by atoms with Crippen molar-refractivity contribution in [3.8, 4) is 0 Å². The molecule has 0 spiro atoms. The van der Waals surface area contributed by atoms with Crippen molar-refractivity contribution in [1.82, 2.24) is 34.9 Å². The quantitative estimate of drug-likeness (QED) is 0.562. The molecule has 3 aromatic heterocycles. The van der Waals surface area contributed by atoms with Crippen LogP contribution in [-0.4, -0.2) is 35.5 Å². The lowest BCUT2D eigenvalue weighted by Gasteiger charge is -2.01. The van der Waals surface area contributed by atoms with E-state index in [2.05, 4.69) is 37.8 Å². The first kappa shape index (κ1) is 16.4. The number of hydrogen-bond acceptors (Lipinski definition) is 6. The van der Waals surface area contributed by atoms with Gasteiger partial charge in [-0.2, -0.15) is 5.10 Å². The summed E-state index contributed by atoms with van der Waals surface area (Å²) in [4.78, 5) is 17.5. The van der Waals surface area contributed by atoms with Crippen LogP contribution in [0.3, 0.4) is 0 Å². The van der Waals surface area contributed by atoms with Crippen molar-refractivity contribution in [3.05, 3.63) is 64.7 Å². The van der Waals surface area contributed by atoms with Crippen LogP contribution in [0.1, 0.15) is 26.8 Å². The Balaban J connectivity index is 1.33. The maximum absolute atomic E-state index is 12.2. The summed E-state index contributed by atoms with van der Waals surface area (Å²) in [7, 11) is 0. The van der Waals surface area contributed by atoms with Gasteiger partial charge in [-0.1, -0.05) is 46.9 Å². The highest BCUT2D eigenvalue weighted by Gasteiger charge is 2.12. The monoisotopic (exact) mass is 367 g/mol. The first-order valence-electron chi connectivity index (χ1n) is 8.21. The van der Waals surface area contributed by atoms with Crippen molar-refractivity contribution >= 4 is 22.2 Å². The Kier molecular flexibility index (Phi) is 4.44. The van der Waals surface area contributed by atoms with Crippen molar-refractivity contribution < 1.29 is 4.79 Å². The molecule has 4 aromatic rings. The van der Waals surface area contributed by atoms with Crippen molar-refractivity contribution in [2.24, 2.45) is 0 Å². The standard InChI is InChI=1S/C17H17N7OS/c1-12-21-24-10-14(19-17(24)26-12)9-18-16(25)15-11-23(22-20-15)8-7-13-5-3-2-4-6-13/h2-6,10-11H,7-9H2,1H3,(H,18,25). The van der Waals surface area contributed by atoms with Crippen LogP contribution in [0.15, 0.2) is 42.7 Å². The fourth-order valence-electron chi connectivity index (χ4n) is 2.59. The average Bonchev–Trinajstić information content (AvgIpc) is 3.33. The molecule has 0 aliphatic carbocycles. The van der Waals surface area contributed by atoms with Gasteiger partial charge in [0.25, 0.3) is 5.91 Å². The van der Waals surface area contributed by atoms with E-state index in [4.69, 9.17) is 0 Å². The lowest BCUT2D eigenvalue weighted by Crippen LogP contribution is -2.23. The van der Waals surface area contributed by atoms with E-state index < -0.39 is 0 Å². The Morgan fingerprint density at radius 1 is 1.23 bits per heavy atom. The van der Waals surface area contributed by atoms with Crippen molar-refractivity contribution in [2.45, 2.75) is 26.4 Å². The van der Waals surface area contributed by atoms with Gasteiger partial charge in [0.15, 0.2) is 5.69 Å². The molecule has 132 valence electrons. The highest BCUT2D eigenvalue weighted by Crippen LogP contribution is 2.13. The summed E-state index contributed by atoms with van der Waals surface area (Å²) in [5, 5.41) is 16.0. The Labute approximate surface area is 153 Å². The molecule has 26 heavy (non-hydrogen) atoms. The predicted octanol–water partition coefficient (Wildman–Crippen LogP) is 1.86. The molecule has 0 saturated carbocycles. The molecule has 1 N–H and O–H groups in total. The summed E-state index contributed by atoms with van der Waals surface area (Å²) in [6.45, 7) is 2.93. The van der Waals surface area contributed by atoms with E-state index in [0.29, 0.717) is 18.8 Å². The number of aryl methyl sites for hydroxylation is 3. The van der Waals surface area contributed by atoms with Crippen molar-refractivity contribution in [3.63, 3.8) is 0 Å². The van der Waals surface area contributed by atoms with Gasteiger partial charge in [0.1, 0.15) is 5.01 Å². The minimum absolute atomic E-state index is 0.267. The molecule has 4 rings (SSSR count). The zero-order valence-electron chi connectivity index (χ0n) is 14.2. The summed E-state index contributed by atoms with van der Waals surface area (Å²) in [5.74, 6) is -0.267. The van der Waals surface area contributed by atoms with Crippen LogP contribution in [0.2, 0.25) is 0 Å². The van der Waals surface area contributed by atoms with Gasteiger partial charge >= 0.3 is 0 Å². The lowest BCUT2D eigenvalue weighted by molar-refractivity contribution is 0.0945. The largest absolute Gasteiger partial charge is 0.345 e. The molecule has 1 amide bonds. The van der Waals surface area contributed by atoms with Crippen LogP contribution in [0, 0.1) is 6.92 Å². The van der Waals surface area contributed by atoms with Crippen molar-refractivity contribution in [1.29, 1.82) is 0 Å². The fraction of sp³-hybridized carbons (Fsp3) is 0.235. The van der Waals surface area contributed by atoms with E-state index in [9.17, 15) is 4.79 Å². The molecule has 9 heteroatoms. The predicted molar refractivity (Wildman–Crippen MR) is 96.9 cm³/mol. The third-order valence-electron chi connectivity index (χ3n) is 3.87. The van der Waals surface area contributed by atoms with E-state index in [0.717, 1.165) is 22.1 Å². The number of amides is 1. The molecular formula is C17H17N7OS. The normalized spacial score (nSPS) is 11.1. The molecule has 0 fully saturated rings. The molecule has 1 aromatic carbocycles. The smallest absolute Gasteiger partial charge is 0.273 e. The third-order valence-corrected chi connectivity index (χ3v) is 4.71. The highest BCUT2D eigenvalue weighted by molar-refractivity contribution is 7.16. The number of benzene rings is 1. The molecule has 0 saturated heterocycles. The Morgan fingerprint density at radius 2 is 2.08 bits per heavy atom. The van der Waals surface area contributed by atoms with E-state index in [-0.39, 0.29) is 5.91 Å². The molecule has 0 unspecified atom stereocenters. The van der Waals surface area contributed by atoms with Gasteiger partial charge in [0.05, 0.1) is 24.6 Å². The van der Waals surface area contributed by atoms with E-state index >= 15 is 0 Å². The zero-order valence-corrected chi connectivity index (χ0v) is 15.0. The minimum atomic E-state index is -0.267. The van der Waals surface area contributed by atoms with Crippen LogP contribution in [-0.2, 0) is 19.5 Å². The van der Waals surface area contributed by atoms with Gasteiger partial charge in [0.2, 0.25) is 4.96 Å². The van der Waals surface area contributed by atoms with Gasteiger partial charge in [-0.15, -0.1) is 5.10 Å². The zero-order chi connectivity index (χ0) is 17.9. The molecule has 0 aliphatic heterocycles. The molecule has 8 nitrogen and oxygen atoms in total. The number of fused-ring (bicyclic) bond motifs is 1. The Bertz CT molecular complexity index is 1000. The van der Waals surface area contributed by atoms with Gasteiger partial charge in [-0.3, -0.25) is 9.48 Å². The van der Waals surface area contributed by atoms with Gasteiger partial charge in [-0.25, -0.2) is 9.50 Å². The minimum Gasteiger partial charge on any atom is -0.345 e. The van der Waals surface area contributed by atoms with Crippen LogP contribution < -0.4 is 5.32 Å². The maximum Gasteiger partial charge on any atom is 0.273 e. The summed E-state index contributed by atoms with van der Waals surface area (Å²) in [6.07, 6.45) is 4.31. The summed E-state index contributed by atoms with van der Waals surface area (Å²) >= 11 is 1.51. The van der Waals surface area contributed by atoms with Crippen LogP contribution in [0.25, 0.3) is 4.96 Å². The second kappa shape index (κ2) is 7.04. The Morgan fingerprint density at radius 3 is 2.88 bits per heavy atom. The van der Waals surface area contributed by atoms with Crippen LogP contribution >= 0.6 is 11.3 Å². The molecule has 0 atom stereocenters. The summed E-state index contributed by atoms with van der Waals surface area (Å²) in [6, 6.07) is 10.1. The second-order valence-electron chi connectivity index (χ2n) is 5.87. The molecule has 3 heterocycles. The summed E-state index contributed by atoms with van der Waals surface area (Å²) < 4.78 is 3.41.